The summed E-state index contributed by atoms with van der Waals surface area (Å²) in [5.74, 6) is 0. The number of fused-ring (bicyclic) bond motifs is 3. The van der Waals surface area contributed by atoms with E-state index < -0.39 is 10.2 Å². The predicted molar refractivity (Wildman–Crippen MR) is 60.8 cm³/mol. The summed E-state index contributed by atoms with van der Waals surface area (Å²) in [6.07, 6.45) is 2.13. The summed E-state index contributed by atoms with van der Waals surface area (Å²) in [6, 6.07) is 12.8. The van der Waals surface area contributed by atoms with Gasteiger partial charge >= 0.3 is 0 Å². The summed E-state index contributed by atoms with van der Waals surface area (Å²) in [6.45, 7) is 2.12. The van der Waals surface area contributed by atoms with Gasteiger partial charge in [-0.05, 0) is 30.7 Å². The molecule has 7 heteroatoms. The molecule has 3 aromatic rings. The summed E-state index contributed by atoms with van der Waals surface area (Å²) in [7, 11) is -2.84. The van der Waals surface area contributed by atoms with Crippen molar-refractivity contribution in [3.63, 3.8) is 0 Å². The van der Waals surface area contributed by atoms with Gasteiger partial charge in [-0.25, -0.2) is 23.2 Å². The number of pyridine rings is 1. The molecule has 0 bridgehead atoms. The third-order valence-corrected chi connectivity index (χ3v) is 2.94. The van der Waals surface area contributed by atoms with Crippen LogP contribution in [0.5, 0.6) is 0 Å². The van der Waals surface area contributed by atoms with Gasteiger partial charge in [0.25, 0.3) is 5.65 Å². The van der Waals surface area contributed by atoms with Crippen molar-refractivity contribution in [1.29, 1.82) is 0 Å². The second kappa shape index (κ2) is 5.35. The van der Waals surface area contributed by atoms with Gasteiger partial charge in [0.2, 0.25) is 0 Å². The highest BCUT2D eigenvalue weighted by atomic mass is 35.7. The molecule has 0 spiro atoms. The molecule has 0 saturated carbocycles. The zero-order valence-corrected chi connectivity index (χ0v) is 11.7. The van der Waals surface area contributed by atoms with Crippen LogP contribution in [0.4, 0.5) is 0 Å². The van der Waals surface area contributed by atoms with E-state index in [0.29, 0.717) is 0 Å². The highest BCUT2D eigenvalue weighted by molar-refractivity contribution is 5.75. The number of benzene rings is 1. The van der Waals surface area contributed by atoms with Crippen LogP contribution in [0.3, 0.4) is 0 Å². The van der Waals surface area contributed by atoms with Gasteiger partial charge < -0.3 is 0 Å². The first-order chi connectivity index (χ1) is 9.27. The van der Waals surface area contributed by atoms with Crippen LogP contribution in [0, 0.1) is 17.2 Å². The molecular formula is C13H13ClN2O4. The summed E-state index contributed by atoms with van der Waals surface area (Å²) >= 11 is 0. The van der Waals surface area contributed by atoms with Crippen molar-refractivity contribution in [1.82, 2.24) is 4.57 Å². The number of rotatable bonds is 0. The monoisotopic (exact) mass is 296 g/mol. The molecule has 0 aliphatic heterocycles. The molecule has 0 saturated heterocycles. The fourth-order valence-corrected chi connectivity index (χ4v) is 2.13. The maximum absolute atomic E-state index is 8.49. The molecule has 3 rings (SSSR count). The number of hydrogen-bond donors (Lipinski definition) is 0. The van der Waals surface area contributed by atoms with Crippen LogP contribution in [0.15, 0.2) is 42.6 Å². The Labute approximate surface area is 117 Å². The lowest BCUT2D eigenvalue weighted by molar-refractivity contribution is -2.00. The first-order valence-corrected chi connectivity index (χ1v) is 6.98. The quantitative estimate of drug-likeness (QED) is 0.427. The van der Waals surface area contributed by atoms with Crippen LogP contribution in [-0.4, -0.2) is 4.57 Å². The van der Waals surface area contributed by atoms with E-state index in [0.717, 1.165) is 0 Å². The lowest BCUT2D eigenvalue weighted by atomic mass is 10.3. The Hall–Kier alpha value is -1.70. The molecule has 0 radical (unpaired) electrons. The van der Waals surface area contributed by atoms with E-state index in [1.54, 1.807) is 0 Å². The first kappa shape index (κ1) is 14.7. The molecule has 20 heavy (non-hydrogen) atoms. The van der Waals surface area contributed by atoms with Gasteiger partial charge in [0.05, 0.1) is 13.2 Å². The molecule has 0 aliphatic rings. The van der Waals surface area contributed by atoms with E-state index in [4.69, 9.17) is 18.6 Å². The van der Waals surface area contributed by atoms with E-state index in [9.17, 15) is 0 Å². The van der Waals surface area contributed by atoms with E-state index >= 15 is 0 Å². The van der Waals surface area contributed by atoms with Gasteiger partial charge in [-0.2, -0.15) is 4.40 Å². The third kappa shape index (κ3) is 3.24. The third-order valence-electron chi connectivity index (χ3n) is 2.94. The average molecular weight is 297 g/mol. The molecule has 0 unspecified atom stereocenters. The molecule has 0 amide bonds. The highest BCUT2D eigenvalue weighted by Gasteiger charge is 2.14. The average Bonchev–Trinajstić information content (AvgIpc) is 2.62. The van der Waals surface area contributed by atoms with Crippen molar-refractivity contribution >= 4 is 16.7 Å². The molecule has 0 atom stereocenters. The maximum Gasteiger partial charge on any atom is 0.287 e. The summed E-state index contributed by atoms with van der Waals surface area (Å²) < 4.78 is 38.4. The van der Waals surface area contributed by atoms with Crippen molar-refractivity contribution in [2.24, 2.45) is 7.05 Å². The van der Waals surface area contributed by atoms with Gasteiger partial charge in [0.15, 0.2) is 11.0 Å². The molecule has 1 aromatic carbocycles. The first-order valence-electron chi connectivity index (χ1n) is 5.74. The number of imidazole rings is 1. The Morgan fingerprint density at radius 1 is 1.05 bits per heavy atom. The minimum atomic E-state index is -4.94. The molecule has 0 N–H and O–H groups in total. The standard InChI is InChI=1S/C13H13N2.ClHO4/c1-10-7-8-15-12-6-4-3-5-11(12)14(2)13(15)9-10;2-1(3,4)5/h3-9H,1-2H3;(H,2,3,4,5)/q+1;/p-1. The second-order valence-corrected chi connectivity index (χ2v) is 5.11. The zero-order chi connectivity index (χ0) is 14.9. The minimum absolute atomic E-state index is 1.23. The Bertz CT molecular complexity index is 743. The minimum Gasteiger partial charge on any atom is -0.226 e. The number of aromatic nitrogens is 2. The molecule has 6 nitrogen and oxygen atoms in total. The van der Waals surface area contributed by atoms with E-state index in [-0.39, 0.29) is 0 Å². The van der Waals surface area contributed by atoms with Crippen LogP contribution < -0.4 is 23.0 Å². The number of halogens is 1. The van der Waals surface area contributed by atoms with Gasteiger partial charge in [0.1, 0.15) is 0 Å². The topological polar surface area (TPSA) is 101 Å². The normalized spacial score (nSPS) is 11.5. The van der Waals surface area contributed by atoms with E-state index in [2.05, 4.69) is 65.5 Å². The van der Waals surface area contributed by atoms with Crippen LogP contribution in [0.2, 0.25) is 0 Å². The van der Waals surface area contributed by atoms with Gasteiger partial charge in [-0.15, -0.1) is 10.2 Å². The maximum atomic E-state index is 8.49. The SMILES string of the molecule is Cc1cc[n+]2c3ccccc3n(C)c2c1.[O-][Cl+3]([O-])([O-])[O-]. The predicted octanol–water partition coefficient (Wildman–Crippen LogP) is -2.53. The second-order valence-electron chi connectivity index (χ2n) is 4.36. The molecule has 2 heterocycles. The van der Waals surface area contributed by atoms with Gasteiger partial charge in [-0.3, -0.25) is 0 Å². The zero-order valence-electron chi connectivity index (χ0n) is 10.9. The number of para-hydroxylation sites is 2. The summed E-state index contributed by atoms with van der Waals surface area (Å²) in [4.78, 5) is 0. The van der Waals surface area contributed by atoms with Gasteiger partial charge in [0, 0.05) is 6.07 Å². The smallest absolute Gasteiger partial charge is 0.226 e. The van der Waals surface area contributed by atoms with E-state index in [1.807, 2.05) is 0 Å². The fourth-order valence-electron chi connectivity index (χ4n) is 2.13. The Morgan fingerprint density at radius 3 is 2.30 bits per heavy atom. The van der Waals surface area contributed by atoms with Crippen LogP contribution >= 0.6 is 0 Å². The molecule has 106 valence electrons. The van der Waals surface area contributed by atoms with Crippen LogP contribution in [0.1, 0.15) is 5.56 Å². The van der Waals surface area contributed by atoms with E-state index in [1.165, 1.54) is 22.2 Å². The summed E-state index contributed by atoms with van der Waals surface area (Å²) in [5, 5.41) is 0. The number of hydrogen-bond acceptors (Lipinski definition) is 4. The molecular weight excluding hydrogens is 284 g/mol. The van der Waals surface area contributed by atoms with Crippen molar-refractivity contribution in [2.75, 3.05) is 0 Å². The number of nitrogens with zero attached hydrogens (tertiary/aromatic N) is 2. The van der Waals surface area contributed by atoms with Crippen molar-refractivity contribution < 1.29 is 33.3 Å². The Kier molecular flexibility index (Phi) is 3.94. The molecule has 2 aromatic heterocycles. The van der Waals surface area contributed by atoms with Crippen molar-refractivity contribution in [3.05, 3.63) is 48.2 Å². The van der Waals surface area contributed by atoms with Crippen molar-refractivity contribution in [3.8, 4) is 0 Å². The largest absolute Gasteiger partial charge is 0.287 e. The van der Waals surface area contributed by atoms with Crippen LogP contribution in [-0.2, 0) is 7.05 Å². The van der Waals surface area contributed by atoms with Crippen molar-refractivity contribution in [2.45, 2.75) is 6.92 Å². The number of aryl methyl sites for hydroxylation is 2. The fraction of sp³-hybridized carbons (Fsp3) is 0.154. The highest BCUT2D eigenvalue weighted by Crippen LogP contribution is 2.13. The summed E-state index contributed by atoms with van der Waals surface area (Å²) in [5.41, 5.74) is 5.05. The molecule has 0 fully saturated rings. The lowest BCUT2D eigenvalue weighted by Gasteiger charge is -2.17. The van der Waals surface area contributed by atoms with Gasteiger partial charge in [-0.1, -0.05) is 12.1 Å². The van der Waals surface area contributed by atoms with Crippen LogP contribution in [0.25, 0.3) is 16.7 Å². The molecule has 0 aliphatic carbocycles. The Morgan fingerprint density at radius 2 is 1.65 bits per heavy atom. The Balaban J connectivity index is 0.000000257. The lowest BCUT2D eigenvalue weighted by Crippen LogP contribution is -2.68.